The van der Waals surface area contributed by atoms with Crippen molar-refractivity contribution in [2.24, 2.45) is 0 Å². The third-order valence-electron chi connectivity index (χ3n) is 1.80. The molecule has 0 saturated carbocycles. The van der Waals surface area contributed by atoms with E-state index in [2.05, 4.69) is 18.5 Å². The topological polar surface area (TPSA) is 21.3 Å². The Hall–Kier alpha value is -1.02. The fourth-order valence-electron chi connectivity index (χ4n) is 1.18. The molecule has 1 heterocycles. The van der Waals surface area contributed by atoms with E-state index in [0.717, 1.165) is 12.3 Å². The molecule has 0 radical (unpaired) electrons. The molecule has 0 fully saturated rings. The van der Waals surface area contributed by atoms with E-state index >= 15 is 0 Å². The molecule has 1 aliphatic heterocycles. The van der Waals surface area contributed by atoms with Crippen molar-refractivity contribution in [2.45, 2.75) is 13.5 Å². The summed E-state index contributed by atoms with van der Waals surface area (Å²) in [5, 5.41) is 0. The van der Waals surface area contributed by atoms with Gasteiger partial charge >= 0.3 is 0 Å². The van der Waals surface area contributed by atoms with Crippen LogP contribution in [0.2, 0.25) is 0 Å². The van der Waals surface area contributed by atoms with Gasteiger partial charge in [0.2, 0.25) is 0 Å². The standard InChI is InChI=1S/C8H9NO/c1-6-3-2-4-8-7(6)5-9-10-8/h2-4,9H,5H2,1H3. The summed E-state index contributed by atoms with van der Waals surface area (Å²) >= 11 is 0. The SMILES string of the molecule is Cc1cccc2c1CNO2. The van der Waals surface area contributed by atoms with E-state index in [1.165, 1.54) is 11.1 Å². The lowest BCUT2D eigenvalue weighted by Crippen LogP contribution is -2.07. The number of fused-ring (bicyclic) bond motifs is 1. The Morgan fingerprint density at radius 2 is 2.40 bits per heavy atom. The molecule has 0 amide bonds. The van der Waals surface area contributed by atoms with Gasteiger partial charge in [0.25, 0.3) is 0 Å². The number of hydrogen-bond donors (Lipinski definition) is 1. The zero-order valence-corrected chi connectivity index (χ0v) is 5.85. The van der Waals surface area contributed by atoms with Crippen molar-refractivity contribution >= 4 is 0 Å². The van der Waals surface area contributed by atoms with E-state index in [0.29, 0.717) is 0 Å². The molecular weight excluding hydrogens is 126 g/mol. The Balaban J connectivity index is 2.59. The first-order chi connectivity index (χ1) is 4.88. The molecule has 1 aromatic rings. The highest BCUT2D eigenvalue weighted by atomic mass is 16.7. The lowest BCUT2D eigenvalue weighted by Gasteiger charge is -1.97. The summed E-state index contributed by atoms with van der Waals surface area (Å²) in [7, 11) is 0. The number of rotatable bonds is 0. The highest BCUT2D eigenvalue weighted by Gasteiger charge is 2.12. The number of nitrogens with one attached hydrogen (secondary N) is 1. The summed E-state index contributed by atoms with van der Waals surface area (Å²) in [4.78, 5) is 5.13. The van der Waals surface area contributed by atoms with Crippen LogP contribution in [0.15, 0.2) is 18.2 Å². The zero-order chi connectivity index (χ0) is 6.97. The number of hydrogen-bond acceptors (Lipinski definition) is 2. The largest absolute Gasteiger partial charge is 0.408 e. The number of aryl methyl sites for hydroxylation is 1. The normalized spacial score (nSPS) is 14.5. The minimum atomic E-state index is 0.835. The van der Waals surface area contributed by atoms with E-state index in [9.17, 15) is 0 Å². The van der Waals surface area contributed by atoms with Gasteiger partial charge in [-0.3, -0.25) is 0 Å². The van der Waals surface area contributed by atoms with Crippen LogP contribution in [0.5, 0.6) is 5.75 Å². The van der Waals surface area contributed by atoms with Gasteiger partial charge in [0.05, 0.1) is 6.54 Å². The van der Waals surface area contributed by atoms with Gasteiger partial charge in [-0.05, 0) is 18.6 Å². The second-order valence-electron chi connectivity index (χ2n) is 2.47. The maximum Gasteiger partial charge on any atom is 0.152 e. The van der Waals surface area contributed by atoms with Gasteiger partial charge in [0.1, 0.15) is 0 Å². The Bertz CT molecular complexity index is 257. The zero-order valence-electron chi connectivity index (χ0n) is 5.85. The second kappa shape index (κ2) is 1.99. The third-order valence-corrected chi connectivity index (χ3v) is 1.80. The number of benzene rings is 1. The maximum atomic E-state index is 5.13. The average molecular weight is 135 g/mol. The molecule has 0 saturated heterocycles. The van der Waals surface area contributed by atoms with Crippen molar-refractivity contribution < 1.29 is 4.84 Å². The smallest absolute Gasteiger partial charge is 0.152 e. The van der Waals surface area contributed by atoms with E-state index in [1.54, 1.807) is 0 Å². The van der Waals surface area contributed by atoms with E-state index < -0.39 is 0 Å². The third kappa shape index (κ3) is 0.693. The summed E-state index contributed by atoms with van der Waals surface area (Å²) in [6.07, 6.45) is 0. The molecule has 2 rings (SSSR count). The molecule has 0 spiro atoms. The van der Waals surface area contributed by atoms with Crippen molar-refractivity contribution in [3.8, 4) is 5.75 Å². The summed E-state index contributed by atoms with van der Waals surface area (Å²) in [5.41, 5.74) is 5.40. The molecule has 1 N–H and O–H groups in total. The minimum Gasteiger partial charge on any atom is -0.408 e. The molecule has 52 valence electrons. The van der Waals surface area contributed by atoms with E-state index in [1.807, 2.05) is 12.1 Å². The molecule has 10 heavy (non-hydrogen) atoms. The predicted molar refractivity (Wildman–Crippen MR) is 38.6 cm³/mol. The highest BCUT2D eigenvalue weighted by Crippen LogP contribution is 2.24. The maximum absolute atomic E-state index is 5.13. The number of hydroxylamine groups is 1. The quantitative estimate of drug-likeness (QED) is 0.580. The molecular formula is C8H9NO. The monoisotopic (exact) mass is 135 g/mol. The second-order valence-corrected chi connectivity index (χ2v) is 2.47. The molecule has 0 aliphatic carbocycles. The molecule has 2 nitrogen and oxygen atoms in total. The summed E-state index contributed by atoms with van der Waals surface area (Å²) in [6, 6.07) is 6.07. The Labute approximate surface area is 59.8 Å². The van der Waals surface area contributed by atoms with Crippen LogP contribution in [-0.2, 0) is 6.54 Å². The van der Waals surface area contributed by atoms with E-state index in [4.69, 9.17) is 4.84 Å². The lowest BCUT2D eigenvalue weighted by atomic mass is 10.1. The van der Waals surface area contributed by atoms with Crippen LogP contribution < -0.4 is 10.3 Å². The predicted octanol–water partition coefficient (Wildman–Crippen LogP) is 1.39. The Morgan fingerprint density at radius 1 is 1.50 bits per heavy atom. The summed E-state index contributed by atoms with van der Waals surface area (Å²) in [5.74, 6) is 0.972. The minimum absolute atomic E-state index is 0.835. The van der Waals surface area contributed by atoms with Gasteiger partial charge in [0, 0.05) is 5.56 Å². The first-order valence-corrected chi connectivity index (χ1v) is 3.36. The van der Waals surface area contributed by atoms with Crippen molar-refractivity contribution in [1.82, 2.24) is 5.48 Å². The highest BCUT2D eigenvalue weighted by molar-refractivity contribution is 5.40. The van der Waals surface area contributed by atoms with Crippen molar-refractivity contribution in [3.05, 3.63) is 29.3 Å². The molecule has 0 bridgehead atoms. The molecule has 2 heteroatoms. The summed E-state index contributed by atoms with van der Waals surface area (Å²) in [6.45, 7) is 2.93. The molecule has 0 aromatic heterocycles. The first-order valence-electron chi connectivity index (χ1n) is 3.36. The Kier molecular flexibility index (Phi) is 1.14. The average Bonchev–Trinajstić information content (AvgIpc) is 2.36. The van der Waals surface area contributed by atoms with Crippen LogP contribution in [0.4, 0.5) is 0 Å². The molecule has 0 atom stereocenters. The van der Waals surface area contributed by atoms with Gasteiger partial charge < -0.3 is 4.84 Å². The van der Waals surface area contributed by atoms with Crippen LogP contribution in [0.1, 0.15) is 11.1 Å². The van der Waals surface area contributed by atoms with Crippen LogP contribution in [-0.4, -0.2) is 0 Å². The van der Waals surface area contributed by atoms with Crippen LogP contribution in [0.25, 0.3) is 0 Å². The Morgan fingerprint density at radius 3 is 3.20 bits per heavy atom. The van der Waals surface area contributed by atoms with Crippen molar-refractivity contribution in [3.63, 3.8) is 0 Å². The van der Waals surface area contributed by atoms with Crippen LogP contribution >= 0.6 is 0 Å². The molecule has 1 aromatic carbocycles. The summed E-state index contributed by atoms with van der Waals surface area (Å²) < 4.78 is 0. The fraction of sp³-hybridized carbons (Fsp3) is 0.250. The van der Waals surface area contributed by atoms with Gasteiger partial charge in [-0.15, -0.1) is 0 Å². The van der Waals surface area contributed by atoms with Gasteiger partial charge in [-0.25, -0.2) is 0 Å². The van der Waals surface area contributed by atoms with Crippen LogP contribution in [0, 0.1) is 6.92 Å². The molecule has 1 aliphatic rings. The van der Waals surface area contributed by atoms with Gasteiger partial charge in [-0.2, -0.15) is 5.48 Å². The lowest BCUT2D eigenvalue weighted by molar-refractivity contribution is 0.224. The van der Waals surface area contributed by atoms with E-state index in [-0.39, 0.29) is 0 Å². The van der Waals surface area contributed by atoms with Crippen molar-refractivity contribution in [1.29, 1.82) is 0 Å². The fourth-order valence-corrected chi connectivity index (χ4v) is 1.18. The molecule has 0 unspecified atom stereocenters. The first kappa shape index (κ1) is 5.74. The van der Waals surface area contributed by atoms with Gasteiger partial charge in [0.15, 0.2) is 5.75 Å². The van der Waals surface area contributed by atoms with Crippen molar-refractivity contribution in [2.75, 3.05) is 0 Å². The van der Waals surface area contributed by atoms with Gasteiger partial charge in [-0.1, -0.05) is 12.1 Å². The van der Waals surface area contributed by atoms with Crippen LogP contribution in [0.3, 0.4) is 0 Å².